The van der Waals surface area contributed by atoms with E-state index in [9.17, 15) is 9.59 Å². The van der Waals surface area contributed by atoms with E-state index in [2.05, 4.69) is 26.6 Å². The molecule has 6 rings (SSSR count). The van der Waals surface area contributed by atoms with Crippen LogP contribution in [-0.4, -0.2) is 66.8 Å². The average Bonchev–Trinajstić information content (AvgIpc) is 3.38. The number of aromatic amines is 1. The van der Waals surface area contributed by atoms with Crippen molar-refractivity contribution in [3.05, 3.63) is 75.3 Å². The molecule has 2 aromatic heterocycles. The molecule has 4 heterocycles. The number of aryl methyl sites for hydroxylation is 3. The number of nitrogens with one attached hydrogen (secondary N) is 1. The Morgan fingerprint density at radius 1 is 1.11 bits per heavy atom. The summed E-state index contributed by atoms with van der Waals surface area (Å²) in [5.41, 5.74) is 3.68. The molecule has 232 valence electrons. The minimum Gasteiger partial charge on any atom is -0.493 e. The first kappa shape index (κ1) is 30.3. The zero-order valence-corrected chi connectivity index (χ0v) is 27.2. The summed E-state index contributed by atoms with van der Waals surface area (Å²) in [6, 6.07) is 11.3. The van der Waals surface area contributed by atoms with Crippen molar-refractivity contribution in [1.29, 1.82) is 0 Å². The van der Waals surface area contributed by atoms with Gasteiger partial charge >= 0.3 is 0 Å². The molecule has 4 aromatic rings. The Kier molecular flexibility index (Phi) is 7.61. The van der Waals surface area contributed by atoms with Crippen molar-refractivity contribution in [2.24, 2.45) is 0 Å². The van der Waals surface area contributed by atoms with Gasteiger partial charge in [-0.05, 0) is 89.2 Å². The van der Waals surface area contributed by atoms with E-state index in [1.165, 1.54) is 0 Å². The second-order valence-corrected chi connectivity index (χ2v) is 12.4. The van der Waals surface area contributed by atoms with E-state index in [0.29, 0.717) is 71.0 Å². The molecule has 2 saturated heterocycles. The van der Waals surface area contributed by atoms with Gasteiger partial charge in [0.1, 0.15) is 17.1 Å². The lowest BCUT2D eigenvalue weighted by molar-refractivity contribution is -0.124. The Labute approximate surface area is 267 Å². The highest BCUT2D eigenvalue weighted by atomic mass is 32.1. The number of aromatic nitrogens is 4. The van der Waals surface area contributed by atoms with Gasteiger partial charge < -0.3 is 19.5 Å². The molecule has 0 bridgehead atoms. The van der Waals surface area contributed by atoms with Gasteiger partial charge in [-0.25, -0.2) is 14.3 Å². The van der Waals surface area contributed by atoms with Crippen LogP contribution >= 0.6 is 12.2 Å². The largest absolute Gasteiger partial charge is 0.493 e. The molecule has 1 amide bonds. The van der Waals surface area contributed by atoms with Crippen LogP contribution in [0.2, 0.25) is 0 Å². The van der Waals surface area contributed by atoms with Gasteiger partial charge in [-0.3, -0.25) is 14.5 Å². The van der Waals surface area contributed by atoms with Crippen LogP contribution in [0.5, 0.6) is 5.75 Å². The maximum Gasteiger partial charge on any atom is 0.277 e. The lowest BCUT2D eigenvalue weighted by Gasteiger charge is -2.49. The number of hydrogen-bond acceptors (Lipinski definition) is 7. The van der Waals surface area contributed by atoms with E-state index >= 15 is 0 Å². The molecule has 1 N–H and O–H groups in total. The molecule has 12 heteroatoms. The molecule has 2 fully saturated rings. The summed E-state index contributed by atoms with van der Waals surface area (Å²) in [5.74, 6) is 1.69. The van der Waals surface area contributed by atoms with Gasteiger partial charge in [0.15, 0.2) is 22.1 Å². The molecule has 2 aliphatic rings. The van der Waals surface area contributed by atoms with Crippen molar-refractivity contribution in [2.75, 3.05) is 29.5 Å². The third-order valence-electron chi connectivity index (χ3n) is 8.61. The van der Waals surface area contributed by atoms with E-state index in [-0.39, 0.29) is 17.5 Å². The van der Waals surface area contributed by atoms with Crippen molar-refractivity contribution in [3.8, 4) is 17.1 Å². The zero-order chi connectivity index (χ0) is 32.2. The first-order valence-electron chi connectivity index (χ1n) is 15.2. The molecular formula is C33H36N8O3S. The number of carbonyl (C=O) groups excluding carboxylic acids is 1. The monoisotopic (exact) mass is 624 g/mol. The average molecular weight is 625 g/mol. The molecule has 0 atom stereocenters. The predicted octanol–water partition coefficient (Wildman–Crippen LogP) is 5.20. The fraction of sp³-hybridized carbons (Fsp3) is 0.394. The van der Waals surface area contributed by atoms with E-state index in [4.69, 9.17) is 28.6 Å². The number of H-pyrrole nitrogens is 1. The van der Waals surface area contributed by atoms with Gasteiger partial charge in [0.05, 0.1) is 30.5 Å². The number of fused-ring (bicyclic) bond motifs is 1. The summed E-state index contributed by atoms with van der Waals surface area (Å²) in [4.78, 5) is 43.8. The topological polar surface area (TPSA) is 103 Å². The van der Waals surface area contributed by atoms with E-state index in [1.807, 2.05) is 63.8 Å². The van der Waals surface area contributed by atoms with Gasteiger partial charge in [0.2, 0.25) is 0 Å². The van der Waals surface area contributed by atoms with Crippen molar-refractivity contribution in [3.63, 3.8) is 0 Å². The van der Waals surface area contributed by atoms with Gasteiger partial charge in [-0.2, -0.15) is 0 Å². The molecular weight excluding hydrogens is 588 g/mol. The van der Waals surface area contributed by atoms with Gasteiger partial charge in [-0.1, -0.05) is 13.0 Å². The van der Waals surface area contributed by atoms with Crippen LogP contribution in [0.4, 0.5) is 17.1 Å². The fourth-order valence-electron chi connectivity index (χ4n) is 6.31. The highest BCUT2D eigenvalue weighted by Gasteiger charge is 2.54. The van der Waals surface area contributed by atoms with Crippen LogP contribution in [-0.2, 0) is 11.2 Å². The van der Waals surface area contributed by atoms with Crippen LogP contribution in [0.3, 0.4) is 0 Å². The number of thiocarbonyl (C=S) groups is 1. The first-order valence-corrected chi connectivity index (χ1v) is 15.6. The number of anilines is 2. The Hall–Kier alpha value is -4.76. The molecule has 0 spiro atoms. The van der Waals surface area contributed by atoms with Crippen molar-refractivity contribution in [2.45, 2.75) is 66.0 Å². The molecule has 0 saturated carbocycles. The van der Waals surface area contributed by atoms with Crippen LogP contribution in [0.1, 0.15) is 51.2 Å². The lowest BCUT2D eigenvalue weighted by atomic mass is 9.97. The summed E-state index contributed by atoms with van der Waals surface area (Å²) in [7, 11) is 0. The van der Waals surface area contributed by atoms with E-state index in [1.54, 1.807) is 21.5 Å². The van der Waals surface area contributed by atoms with Crippen molar-refractivity contribution in [1.82, 2.24) is 24.5 Å². The van der Waals surface area contributed by atoms with Gasteiger partial charge in [0, 0.05) is 30.9 Å². The summed E-state index contributed by atoms with van der Waals surface area (Å²) in [6.45, 7) is 20.6. The molecule has 11 nitrogen and oxygen atoms in total. The SMILES string of the molecule is [C-]#[N+]c1ccc(N2C(=O)C(C)(C)N(C3CN(c4ccc(OCC)c(-c5nn6c(CCC)nc(C)c6c(=O)[nH]5)c4)C3)C2=S)cc1C. The minimum absolute atomic E-state index is 0.0138. The molecule has 0 radical (unpaired) electrons. The summed E-state index contributed by atoms with van der Waals surface area (Å²) < 4.78 is 7.61. The molecule has 0 aliphatic carbocycles. The molecule has 0 unspecified atom stereocenters. The number of carbonyl (C=O) groups is 1. The number of ether oxygens (including phenoxy) is 1. The Balaban J connectivity index is 1.29. The minimum atomic E-state index is -0.831. The van der Waals surface area contributed by atoms with Gasteiger partial charge in [0.25, 0.3) is 11.5 Å². The smallest absolute Gasteiger partial charge is 0.277 e. The fourth-order valence-corrected chi connectivity index (χ4v) is 6.87. The Bertz CT molecular complexity index is 1950. The third kappa shape index (κ3) is 4.91. The van der Waals surface area contributed by atoms with Crippen LogP contribution in [0.15, 0.2) is 41.2 Å². The second kappa shape index (κ2) is 11.3. The van der Waals surface area contributed by atoms with Crippen molar-refractivity contribution < 1.29 is 9.53 Å². The number of imidazole rings is 1. The Morgan fingerprint density at radius 3 is 2.51 bits per heavy atom. The summed E-state index contributed by atoms with van der Waals surface area (Å²) in [5, 5.41) is 5.28. The zero-order valence-electron chi connectivity index (χ0n) is 26.3. The van der Waals surface area contributed by atoms with E-state index < -0.39 is 5.54 Å². The third-order valence-corrected chi connectivity index (χ3v) is 8.99. The second-order valence-electron chi connectivity index (χ2n) is 12.0. The highest BCUT2D eigenvalue weighted by Crippen LogP contribution is 2.39. The number of nitrogens with zero attached hydrogens (tertiary/aromatic N) is 7. The normalized spacial score (nSPS) is 16.4. The molecule has 2 aliphatic heterocycles. The first-order chi connectivity index (χ1) is 21.5. The van der Waals surface area contributed by atoms with Crippen LogP contribution < -0.4 is 20.1 Å². The summed E-state index contributed by atoms with van der Waals surface area (Å²) in [6.07, 6.45) is 1.59. The van der Waals surface area contributed by atoms with Crippen LogP contribution in [0, 0.1) is 20.4 Å². The maximum atomic E-state index is 13.7. The Morgan fingerprint density at radius 2 is 1.84 bits per heavy atom. The van der Waals surface area contributed by atoms with Crippen LogP contribution in [0.25, 0.3) is 21.7 Å². The number of rotatable bonds is 8. The maximum absolute atomic E-state index is 13.7. The predicted molar refractivity (Wildman–Crippen MR) is 178 cm³/mol. The number of amides is 1. The standard InChI is InChI=1S/C33H36N8O3S/c1-8-10-27-35-20(4)28-30(42)36-29(37-41(27)28)24-16-21(12-14-26(24)44-9-2)38-17-23(18-38)40-32(45)39(31(43)33(40,5)6)22-11-13-25(34-7)19(3)15-22/h11-16,23H,8-10,17-18H2,1-6H3,(H,36,37,42). The van der Waals surface area contributed by atoms with Crippen molar-refractivity contribution >= 4 is 45.8 Å². The summed E-state index contributed by atoms with van der Waals surface area (Å²) >= 11 is 5.90. The lowest BCUT2D eigenvalue weighted by Crippen LogP contribution is -2.64. The quantitative estimate of drug-likeness (QED) is 0.211. The van der Waals surface area contributed by atoms with E-state index in [0.717, 1.165) is 23.5 Å². The number of benzene rings is 2. The molecule has 45 heavy (non-hydrogen) atoms. The highest BCUT2D eigenvalue weighted by molar-refractivity contribution is 7.80. The number of hydrogen-bond donors (Lipinski definition) is 1. The van der Waals surface area contributed by atoms with Gasteiger partial charge in [-0.15, -0.1) is 5.10 Å². The molecule has 2 aromatic carbocycles.